The molecule has 0 unspecified atom stereocenters. The van der Waals surface area contributed by atoms with Gasteiger partial charge in [0.15, 0.2) is 5.82 Å². The predicted molar refractivity (Wildman–Crippen MR) is 137 cm³/mol. The molecule has 0 saturated carbocycles. The van der Waals surface area contributed by atoms with Crippen LogP contribution in [-0.2, 0) is 19.4 Å². The lowest BCUT2D eigenvalue weighted by Crippen LogP contribution is -1.98. The van der Waals surface area contributed by atoms with Gasteiger partial charge in [0.1, 0.15) is 0 Å². The molecule has 0 atom stereocenters. The second kappa shape index (κ2) is 8.99. The highest BCUT2D eigenvalue weighted by Crippen LogP contribution is 2.31. The number of benzene rings is 4. The SMILES string of the molecule is c1ccc(CCCc2noc(-c3cn(Cc4cccc5ccccc45)c4ccccc34)n2)cc1. The summed E-state index contributed by atoms with van der Waals surface area (Å²) >= 11 is 0. The van der Waals surface area contributed by atoms with Crippen molar-refractivity contribution in [3.05, 3.63) is 120 Å². The van der Waals surface area contributed by atoms with Crippen molar-refractivity contribution in [2.24, 2.45) is 0 Å². The van der Waals surface area contributed by atoms with E-state index in [-0.39, 0.29) is 0 Å². The number of hydrogen-bond donors (Lipinski definition) is 0. The molecular formula is C30H25N3O. The fourth-order valence-corrected chi connectivity index (χ4v) is 4.72. The molecule has 0 saturated heterocycles. The lowest BCUT2D eigenvalue weighted by atomic mass is 10.0. The average Bonchev–Trinajstić information content (AvgIpc) is 3.50. The lowest BCUT2D eigenvalue weighted by molar-refractivity contribution is 0.422. The molecule has 6 rings (SSSR count). The van der Waals surface area contributed by atoms with Gasteiger partial charge in [-0.15, -0.1) is 0 Å². The number of aryl methyl sites for hydroxylation is 2. The topological polar surface area (TPSA) is 43.9 Å². The summed E-state index contributed by atoms with van der Waals surface area (Å²) in [5, 5.41) is 7.93. The van der Waals surface area contributed by atoms with Crippen LogP contribution >= 0.6 is 0 Å². The van der Waals surface area contributed by atoms with Gasteiger partial charge < -0.3 is 9.09 Å². The van der Waals surface area contributed by atoms with Crippen molar-refractivity contribution in [3.8, 4) is 11.5 Å². The maximum atomic E-state index is 5.72. The molecule has 4 heteroatoms. The van der Waals surface area contributed by atoms with Crippen LogP contribution in [0.3, 0.4) is 0 Å². The second-order valence-corrected chi connectivity index (χ2v) is 8.68. The van der Waals surface area contributed by atoms with E-state index in [1.807, 2.05) is 6.07 Å². The first-order chi connectivity index (χ1) is 16.8. The van der Waals surface area contributed by atoms with Crippen LogP contribution in [0.2, 0.25) is 0 Å². The van der Waals surface area contributed by atoms with Crippen molar-refractivity contribution in [2.45, 2.75) is 25.8 Å². The summed E-state index contributed by atoms with van der Waals surface area (Å²) in [6.45, 7) is 0.778. The van der Waals surface area contributed by atoms with Crippen LogP contribution in [0.5, 0.6) is 0 Å². The predicted octanol–water partition coefficient (Wildman–Crippen LogP) is 7.07. The van der Waals surface area contributed by atoms with E-state index in [1.54, 1.807) is 0 Å². The average molecular weight is 444 g/mol. The van der Waals surface area contributed by atoms with Crippen molar-refractivity contribution in [2.75, 3.05) is 0 Å². The Morgan fingerprint density at radius 3 is 2.38 bits per heavy atom. The highest BCUT2D eigenvalue weighted by molar-refractivity contribution is 5.94. The van der Waals surface area contributed by atoms with Gasteiger partial charge in [0.2, 0.25) is 0 Å². The van der Waals surface area contributed by atoms with E-state index in [0.29, 0.717) is 5.89 Å². The number of fused-ring (bicyclic) bond motifs is 2. The zero-order valence-corrected chi connectivity index (χ0v) is 18.9. The Labute approximate surface area is 198 Å². The van der Waals surface area contributed by atoms with Crippen molar-refractivity contribution in [1.29, 1.82) is 0 Å². The summed E-state index contributed by atoms with van der Waals surface area (Å²) in [4.78, 5) is 4.74. The number of hydrogen-bond acceptors (Lipinski definition) is 3. The monoisotopic (exact) mass is 443 g/mol. The molecule has 0 aliphatic heterocycles. The summed E-state index contributed by atoms with van der Waals surface area (Å²) in [6.07, 6.45) is 4.95. The summed E-state index contributed by atoms with van der Waals surface area (Å²) in [7, 11) is 0. The Morgan fingerprint density at radius 2 is 1.47 bits per heavy atom. The molecule has 0 amide bonds. The molecule has 166 valence electrons. The van der Waals surface area contributed by atoms with Gasteiger partial charge >= 0.3 is 0 Å². The van der Waals surface area contributed by atoms with E-state index in [9.17, 15) is 0 Å². The van der Waals surface area contributed by atoms with E-state index < -0.39 is 0 Å². The van der Waals surface area contributed by atoms with Crippen molar-refractivity contribution in [3.63, 3.8) is 0 Å². The van der Waals surface area contributed by atoms with Gasteiger partial charge in [-0.25, -0.2) is 0 Å². The molecule has 0 aliphatic rings. The minimum Gasteiger partial charge on any atom is -0.342 e. The molecule has 0 aliphatic carbocycles. The van der Waals surface area contributed by atoms with E-state index >= 15 is 0 Å². The molecule has 0 N–H and O–H groups in total. The first-order valence-corrected chi connectivity index (χ1v) is 11.8. The van der Waals surface area contributed by atoms with E-state index in [2.05, 4.69) is 107 Å². The maximum Gasteiger partial charge on any atom is 0.260 e. The highest BCUT2D eigenvalue weighted by atomic mass is 16.5. The third kappa shape index (κ3) is 3.99. The van der Waals surface area contributed by atoms with Gasteiger partial charge in [-0.2, -0.15) is 4.98 Å². The van der Waals surface area contributed by atoms with Crippen LogP contribution in [-0.4, -0.2) is 14.7 Å². The highest BCUT2D eigenvalue weighted by Gasteiger charge is 2.16. The van der Waals surface area contributed by atoms with Crippen LogP contribution in [0.15, 0.2) is 108 Å². The molecule has 0 bridgehead atoms. The van der Waals surface area contributed by atoms with Crippen LogP contribution < -0.4 is 0 Å². The molecule has 34 heavy (non-hydrogen) atoms. The molecule has 2 aromatic heterocycles. The Balaban J connectivity index is 1.28. The number of para-hydroxylation sites is 1. The molecule has 2 heterocycles. The minimum atomic E-state index is 0.586. The van der Waals surface area contributed by atoms with Crippen LogP contribution in [0.1, 0.15) is 23.4 Å². The molecule has 0 spiro atoms. The number of aromatic nitrogens is 3. The van der Waals surface area contributed by atoms with Crippen LogP contribution in [0, 0.1) is 0 Å². The molecule has 6 aromatic rings. The Morgan fingerprint density at radius 1 is 0.706 bits per heavy atom. The van der Waals surface area contributed by atoms with Crippen LogP contribution in [0.4, 0.5) is 0 Å². The Hall–Kier alpha value is -4.18. The zero-order valence-electron chi connectivity index (χ0n) is 18.9. The molecule has 0 radical (unpaired) electrons. The lowest BCUT2D eigenvalue weighted by Gasteiger charge is -2.09. The standard InChI is InChI=1S/C30H25N3O/c1-2-10-22(11-3-1)12-8-19-29-31-30(34-32-29)27-21-33(28-18-7-6-17-26(27)28)20-24-15-9-14-23-13-4-5-16-25(23)24/h1-7,9-11,13-18,21H,8,12,19-20H2. The Kier molecular flexibility index (Phi) is 5.40. The zero-order chi connectivity index (χ0) is 22.7. The normalized spacial score (nSPS) is 11.4. The number of rotatable bonds is 7. The van der Waals surface area contributed by atoms with Crippen molar-refractivity contribution >= 4 is 21.7 Å². The van der Waals surface area contributed by atoms with Gasteiger partial charge in [0.05, 0.1) is 5.56 Å². The maximum absolute atomic E-state index is 5.72. The fourth-order valence-electron chi connectivity index (χ4n) is 4.72. The van der Waals surface area contributed by atoms with Gasteiger partial charge in [-0.1, -0.05) is 96.2 Å². The van der Waals surface area contributed by atoms with Crippen molar-refractivity contribution < 1.29 is 4.52 Å². The smallest absolute Gasteiger partial charge is 0.260 e. The first kappa shape index (κ1) is 20.4. The summed E-state index contributed by atoms with van der Waals surface area (Å²) in [5.74, 6) is 1.35. The Bertz CT molecular complexity index is 1560. The van der Waals surface area contributed by atoms with Crippen molar-refractivity contribution in [1.82, 2.24) is 14.7 Å². The minimum absolute atomic E-state index is 0.586. The third-order valence-corrected chi connectivity index (χ3v) is 6.42. The molecule has 0 fully saturated rings. The van der Waals surface area contributed by atoms with Gasteiger partial charge in [-0.05, 0) is 40.8 Å². The van der Waals surface area contributed by atoms with E-state index in [1.165, 1.54) is 21.9 Å². The fraction of sp³-hybridized carbons (Fsp3) is 0.133. The molecular weight excluding hydrogens is 418 g/mol. The van der Waals surface area contributed by atoms with E-state index in [0.717, 1.165) is 48.1 Å². The first-order valence-electron chi connectivity index (χ1n) is 11.8. The molecule has 4 aromatic carbocycles. The largest absolute Gasteiger partial charge is 0.342 e. The van der Waals surface area contributed by atoms with Gasteiger partial charge in [0.25, 0.3) is 5.89 Å². The third-order valence-electron chi connectivity index (χ3n) is 6.42. The van der Waals surface area contributed by atoms with Gasteiger partial charge in [0, 0.05) is 30.1 Å². The summed E-state index contributed by atoms with van der Waals surface area (Å²) in [5.41, 5.74) is 4.77. The summed E-state index contributed by atoms with van der Waals surface area (Å²) in [6, 6.07) is 34.0. The quantitative estimate of drug-likeness (QED) is 0.265. The summed E-state index contributed by atoms with van der Waals surface area (Å²) < 4.78 is 8.00. The second-order valence-electron chi connectivity index (χ2n) is 8.68. The van der Waals surface area contributed by atoms with Crippen LogP contribution in [0.25, 0.3) is 33.1 Å². The molecule has 4 nitrogen and oxygen atoms in total. The van der Waals surface area contributed by atoms with E-state index in [4.69, 9.17) is 9.51 Å². The number of nitrogens with zero attached hydrogens (tertiary/aromatic N) is 3. The van der Waals surface area contributed by atoms with Gasteiger partial charge in [-0.3, -0.25) is 0 Å².